The van der Waals surface area contributed by atoms with Crippen LogP contribution in [0.3, 0.4) is 0 Å². The van der Waals surface area contributed by atoms with Gasteiger partial charge in [0.25, 0.3) is 11.8 Å². The van der Waals surface area contributed by atoms with Gasteiger partial charge in [-0.1, -0.05) is 44.5 Å². The summed E-state index contributed by atoms with van der Waals surface area (Å²) in [6.07, 6.45) is 4.60. The molecule has 1 aromatic heterocycles. The largest absolute Gasteiger partial charge is 0.415 e. The molecule has 1 saturated heterocycles. The van der Waals surface area contributed by atoms with E-state index in [1.165, 1.54) is 12.8 Å². The number of primary amides is 1. The number of fused-ring (bicyclic) bond motifs is 4. The number of rotatable bonds is 20. The number of anilines is 3. The second kappa shape index (κ2) is 32.0. The Bertz CT molecular complexity index is 2730. The molecule has 1 atom stereocenters. The highest BCUT2D eigenvalue weighted by atomic mass is 35.5. The average Bonchev–Trinajstić information content (AvgIpc) is 4.08. The van der Waals surface area contributed by atoms with Crippen molar-refractivity contribution in [2.24, 2.45) is 5.73 Å². The molecule has 410 valence electrons. The van der Waals surface area contributed by atoms with E-state index in [0.717, 1.165) is 36.0 Å². The van der Waals surface area contributed by atoms with Gasteiger partial charge in [0.1, 0.15) is 24.3 Å². The molecule has 0 aliphatic carbocycles. The van der Waals surface area contributed by atoms with Crippen LogP contribution in [0.15, 0.2) is 78.9 Å². The first-order valence-corrected chi connectivity index (χ1v) is 26.0. The molecule has 76 heavy (non-hydrogen) atoms. The molecule has 22 heteroatoms. The summed E-state index contributed by atoms with van der Waals surface area (Å²) in [4.78, 5) is 107. The van der Waals surface area contributed by atoms with E-state index in [-0.39, 0.29) is 31.3 Å². The fraction of sp³-hybridized carbons (Fsp3) is 0.407. The lowest BCUT2D eigenvalue weighted by molar-refractivity contribution is -0.126. The minimum atomic E-state index is -0.953. The van der Waals surface area contributed by atoms with Crippen LogP contribution < -0.4 is 52.6 Å². The van der Waals surface area contributed by atoms with E-state index >= 15 is 0 Å². The van der Waals surface area contributed by atoms with E-state index in [4.69, 9.17) is 15.3 Å². The standard InChI is InChI=1S/C49H60N12O8.C3H8.CH3Cl.CH2O/c1-51-18-6-10-43(62)53-21-20-52-30-44(63)58-39(9-5-19-54-48(50)67)46(65)55-33-13-11-31(12-14-33)45(64)56-34-15-16-38-32(27-34)28-40(57-38)47(66)61-22-17-36-35-7-3-4-8-37(35)42(29-41(36)61)69-49(68)60-25-23-59(2)24-26-60;1-3-2;2*1-2/h3-4,7-8,11-16,27-29,39,51-52,57H,5-6,9-10,17-26,30H2,1-2H3,(H,53,62)(H,55,65)(H,56,64)(H,58,63)(H3,50,54,67);3H2,1-2H3;1H3;1H2/t39-;;;/m0.../s1. The highest BCUT2D eigenvalue weighted by Gasteiger charge is 2.31. The van der Waals surface area contributed by atoms with Crippen LogP contribution in [0.4, 0.5) is 26.7 Å². The zero-order valence-electron chi connectivity index (χ0n) is 44.1. The molecule has 3 heterocycles. The molecule has 0 saturated carbocycles. The number of carbonyl (C=O) groups excluding carboxylic acids is 8. The third kappa shape index (κ3) is 18.1. The molecule has 5 aromatic rings. The molecule has 1 fully saturated rings. The molecule has 2 aliphatic rings. The second-order valence-electron chi connectivity index (χ2n) is 17.8. The molecule has 7 rings (SSSR count). The maximum atomic E-state index is 14.2. The van der Waals surface area contributed by atoms with Crippen molar-refractivity contribution in [3.8, 4) is 5.75 Å². The summed E-state index contributed by atoms with van der Waals surface area (Å²) in [7, 11) is 3.84. The lowest BCUT2D eigenvalue weighted by atomic mass is 10.0. The van der Waals surface area contributed by atoms with Crippen LogP contribution in [0.25, 0.3) is 21.7 Å². The summed E-state index contributed by atoms with van der Waals surface area (Å²) in [6.45, 7) is 10.9. The van der Waals surface area contributed by atoms with Gasteiger partial charge in [-0.2, -0.15) is 0 Å². The summed E-state index contributed by atoms with van der Waals surface area (Å²) < 4.78 is 6.01. The number of hydrogen-bond acceptors (Lipinski definition) is 12. The lowest BCUT2D eigenvalue weighted by Crippen LogP contribution is -2.48. The summed E-state index contributed by atoms with van der Waals surface area (Å²) in [5, 5.41) is 22.0. The molecule has 0 bridgehead atoms. The number of nitrogens with one attached hydrogen (secondary N) is 8. The molecule has 4 aromatic carbocycles. The van der Waals surface area contributed by atoms with Gasteiger partial charge in [0.05, 0.1) is 12.2 Å². The number of nitrogens with two attached hydrogens (primary N) is 1. The van der Waals surface area contributed by atoms with Crippen molar-refractivity contribution in [3.05, 3.63) is 95.7 Å². The molecule has 0 spiro atoms. The van der Waals surface area contributed by atoms with E-state index < -0.39 is 35.9 Å². The van der Waals surface area contributed by atoms with Gasteiger partial charge in [-0.3, -0.25) is 24.0 Å². The number of H-pyrrole nitrogens is 1. The van der Waals surface area contributed by atoms with Crippen LogP contribution in [0.5, 0.6) is 5.75 Å². The minimum absolute atomic E-state index is 0.0786. The van der Waals surface area contributed by atoms with Gasteiger partial charge in [0.2, 0.25) is 17.7 Å². The number of piperazine rings is 1. The number of aromatic amines is 1. The van der Waals surface area contributed by atoms with E-state index in [1.54, 1.807) is 64.4 Å². The summed E-state index contributed by atoms with van der Waals surface area (Å²) in [6, 6.07) is 21.2. The minimum Gasteiger partial charge on any atom is -0.409 e. The fourth-order valence-corrected chi connectivity index (χ4v) is 8.33. The molecule has 10 N–H and O–H groups in total. The Morgan fingerprint density at radius 1 is 0.776 bits per heavy atom. The third-order valence-electron chi connectivity index (χ3n) is 12.1. The number of alkyl halides is 1. The van der Waals surface area contributed by atoms with Crippen molar-refractivity contribution in [2.75, 3.05) is 101 Å². The topological polar surface area (TPSA) is 282 Å². The summed E-state index contributed by atoms with van der Waals surface area (Å²) in [5.41, 5.74) is 9.12. The fourth-order valence-electron chi connectivity index (χ4n) is 8.33. The predicted molar refractivity (Wildman–Crippen MR) is 298 cm³/mol. The molecule has 0 unspecified atom stereocenters. The molecule has 21 nitrogen and oxygen atoms in total. The Kier molecular flexibility index (Phi) is 25.7. The third-order valence-corrected chi connectivity index (χ3v) is 12.1. The van der Waals surface area contributed by atoms with Gasteiger partial charge in [0.15, 0.2) is 0 Å². The quantitative estimate of drug-likeness (QED) is 0.0360. The average molecular weight is 1070 g/mol. The first-order valence-electron chi connectivity index (χ1n) is 25.3. The zero-order valence-corrected chi connectivity index (χ0v) is 44.8. The Balaban J connectivity index is 0.00000170. The van der Waals surface area contributed by atoms with Gasteiger partial charge < -0.3 is 72.2 Å². The number of amides is 8. The van der Waals surface area contributed by atoms with Crippen molar-refractivity contribution in [3.63, 3.8) is 0 Å². The highest BCUT2D eigenvalue weighted by molar-refractivity contribution is 6.15. The molecule has 0 radical (unpaired) electrons. The van der Waals surface area contributed by atoms with Gasteiger partial charge in [-0.05, 0) is 106 Å². The van der Waals surface area contributed by atoms with Gasteiger partial charge in [-0.15, -0.1) is 11.6 Å². The Labute approximate surface area is 448 Å². The number of nitrogens with zero attached hydrogens (tertiary/aromatic N) is 3. The number of hydrogen-bond donors (Lipinski definition) is 9. The highest BCUT2D eigenvalue weighted by Crippen LogP contribution is 2.41. The molecular formula is C54H73ClN12O9. The number of likely N-dealkylation sites (N-methyl/N-ethyl adjacent to an activating group) is 1. The molecule has 2 aliphatic heterocycles. The maximum Gasteiger partial charge on any atom is 0.415 e. The zero-order chi connectivity index (χ0) is 55.6. The number of benzene rings is 4. The van der Waals surface area contributed by atoms with E-state index in [0.29, 0.717) is 103 Å². The number of aromatic nitrogens is 1. The maximum absolute atomic E-state index is 14.2. The Morgan fingerprint density at radius 3 is 2.14 bits per heavy atom. The SMILES string of the molecule is C=O.CCC.CCl.CNCCCC(=O)NCCNCC(=O)N[C@@H](CCCNC(N)=O)C(=O)Nc1ccc(C(=O)Nc2ccc3[nH]c(C(=O)N4CCc5c4cc(OC(=O)N4CCN(C)CC4)c4ccccc54)cc3c2)cc1. The lowest BCUT2D eigenvalue weighted by Gasteiger charge is -2.31. The van der Waals surface area contributed by atoms with Crippen LogP contribution in [0, 0.1) is 0 Å². The number of ether oxygens (including phenoxy) is 1. The van der Waals surface area contributed by atoms with Crippen molar-refractivity contribution in [1.82, 2.24) is 41.4 Å². The number of urea groups is 1. The number of carbonyl (C=O) groups is 8. The van der Waals surface area contributed by atoms with Gasteiger partial charge >= 0.3 is 12.1 Å². The smallest absolute Gasteiger partial charge is 0.409 e. The Hall–Kier alpha value is -7.59. The summed E-state index contributed by atoms with van der Waals surface area (Å²) in [5.74, 6) is -1.26. The van der Waals surface area contributed by atoms with Crippen molar-refractivity contribution in [2.45, 2.75) is 58.4 Å². The van der Waals surface area contributed by atoms with Crippen LogP contribution >= 0.6 is 11.6 Å². The first-order chi connectivity index (χ1) is 36.8. The van der Waals surface area contributed by atoms with E-state index in [9.17, 15) is 33.6 Å². The van der Waals surface area contributed by atoms with Gasteiger partial charge in [-0.25, -0.2) is 9.59 Å². The van der Waals surface area contributed by atoms with Crippen molar-refractivity contribution < 1.29 is 43.1 Å². The van der Waals surface area contributed by atoms with Crippen LogP contribution in [0.1, 0.15) is 72.4 Å². The molecular weight excluding hydrogens is 996 g/mol. The molecule has 8 amide bonds. The van der Waals surface area contributed by atoms with Crippen LogP contribution in [0.2, 0.25) is 0 Å². The first kappa shape index (κ1) is 61.0. The van der Waals surface area contributed by atoms with Crippen molar-refractivity contribution in [1.29, 1.82) is 0 Å². The monoisotopic (exact) mass is 1070 g/mol. The van der Waals surface area contributed by atoms with Crippen molar-refractivity contribution >= 4 is 98.8 Å². The van der Waals surface area contributed by atoms with Gasteiger partial charge in [0, 0.05) is 104 Å². The number of halogens is 1. The van der Waals surface area contributed by atoms with Crippen LogP contribution in [-0.4, -0.2) is 155 Å². The predicted octanol–water partition coefficient (Wildman–Crippen LogP) is 5.19. The Morgan fingerprint density at radius 2 is 1.46 bits per heavy atom. The summed E-state index contributed by atoms with van der Waals surface area (Å²) >= 11 is 4.64. The normalized spacial score (nSPS) is 13.0. The van der Waals surface area contributed by atoms with E-state index in [2.05, 4.69) is 72.5 Å². The van der Waals surface area contributed by atoms with Crippen LogP contribution in [-0.2, 0) is 25.6 Å². The second-order valence-corrected chi connectivity index (χ2v) is 17.8. The van der Waals surface area contributed by atoms with E-state index in [1.807, 2.05) is 45.1 Å².